The van der Waals surface area contributed by atoms with E-state index in [-0.39, 0.29) is 11.4 Å². The van der Waals surface area contributed by atoms with E-state index in [4.69, 9.17) is 4.42 Å². The number of aromatic hydroxyl groups is 1. The van der Waals surface area contributed by atoms with Gasteiger partial charge in [-0.2, -0.15) is 10.2 Å². The lowest BCUT2D eigenvalue weighted by Gasteiger charge is -1.95. The number of carbonyl (C=O) groups is 1. The van der Waals surface area contributed by atoms with Gasteiger partial charge in [-0.25, -0.2) is 5.43 Å². The van der Waals surface area contributed by atoms with Crippen molar-refractivity contribution in [1.29, 1.82) is 0 Å². The summed E-state index contributed by atoms with van der Waals surface area (Å²) in [6.07, 6.45) is 1.47. The van der Waals surface area contributed by atoms with Gasteiger partial charge >= 0.3 is 0 Å². The van der Waals surface area contributed by atoms with Crippen LogP contribution in [-0.4, -0.2) is 27.4 Å². The van der Waals surface area contributed by atoms with Crippen LogP contribution >= 0.6 is 0 Å². The molecular weight excluding hydrogens is 296 g/mol. The molecule has 2 aromatic heterocycles. The SMILES string of the molecule is Cc1ccc(-c2cc(C(=O)N/N=C\c3ccc(O)cc3)n[nH]2)o1. The molecule has 0 bridgehead atoms. The molecule has 0 saturated heterocycles. The van der Waals surface area contributed by atoms with E-state index in [1.54, 1.807) is 24.3 Å². The molecule has 1 amide bonds. The second kappa shape index (κ2) is 6.18. The number of aryl methyl sites for hydroxylation is 1. The Morgan fingerprint density at radius 1 is 1.30 bits per heavy atom. The standard InChI is InChI=1S/C16H14N4O3/c1-10-2-7-15(23-10)13-8-14(19-18-13)16(22)20-17-9-11-3-5-12(21)6-4-11/h2-9,21H,1H3,(H,18,19)(H,20,22)/b17-9-. The predicted molar refractivity (Wildman–Crippen MR) is 84.2 cm³/mol. The number of hydrazone groups is 1. The number of nitrogens with zero attached hydrogens (tertiary/aromatic N) is 2. The third-order valence-corrected chi connectivity index (χ3v) is 3.09. The van der Waals surface area contributed by atoms with Crippen LogP contribution < -0.4 is 5.43 Å². The minimum absolute atomic E-state index is 0.170. The van der Waals surface area contributed by atoms with Crippen molar-refractivity contribution in [1.82, 2.24) is 15.6 Å². The molecule has 3 N–H and O–H groups in total. The highest BCUT2D eigenvalue weighted by molar-refractivity contribution is 5.94. The number of amides is 1. The van der Waals surface area contributed by atoms with E-state index >= 15 is 0 Å². The zero-order valence-electron chi connectivity index (χ0n) is 12.3. The number of hydrogen-bond donors (Lipinski definition) is 3. The fourth-order valence-corrected chi connectivity index (χ4v) is 1.93. The van der Waals surface area contributed by atoms with E-state index in [9.17, 15) is 9.90 Å². The molecule has 1 aromatic carbocycles. The topological polar surface area (TPSA) is 104 Å². The molecule has 7 nitrogen and oxygen atoms in total. The molecule has 0 aliphatic carbocycles. The second-order valence-electron chi connectivity index (χ2n) is 4.87. The summed E-state index contributed by atoms with van der Waals surface area (Å²) in [5.41, 5.74) is 3.96. The lowest BCUT2D eigenvalue weighted by molar-refractivity contribution is 0.0950. The lowest BCUT2D eigenvalue weighted by Crippen LogP contribution is -2.17. The van der Waals surface area contributed by atoms with Gasteiger partial charge in [-0.15, -0.1) is 0 Å². The summed E-state index contributed by atoms with van der Waals surface area (Å²) in [6.45, 7) is 1.84. The van der Waals surface area contributed by atoms with Crippen LogP contribution in [0.1, 0.15) is 21.8 Å². The van der Waals surface area contributed by atoms with Crippen LogP contribution in [0.3, 0.4) is 0 Å². The first-order valence-corrected chi connectivity index (χ1v) is 6.86. The maximum atomic E-state index is 12.0. The number of nitrogens with one attached hydrogen (secondary N) is 2. The van der Waals surface area contributed by atoms with Gasteiger partial charge in [0.25, 0.3) is 5.91 Å². The summed E-state index contributed by atoms with van der Waals surface area (Å²) >= 11 is 0. The van der Waals surface area contributed by atoms with Gasteiger partial charge < -0.3 is 9.52 Å². The molecule has 116 valence electrons. The molecule has 0 radical (unpaired) electrons. The Bertz CT molecular complexity index is 846. The number of phenolic OH excluding ortho intramolecular Hbond substituents is 1. The maximum absolute atomic E-state index is 12.0. The highest BCUT2D eigenvalue weighted by Crippen LogP contribution is 2.20. The number of aromatic amines is 1. The smallest absolute Gasteiger partial charge is 0.291 e. The Hall–Kier alpha value is -3.35. The molecule has 7 heteroatoms. The molecule has 0 aliphatic heterocycles. The highest BCUT2D eigenvalue weighted by atomic mass is 16.3. The van der Waals surface area contributed by atoms with E-state index in [1.807, 2.05) is 13.0 Å². The van der Waals surface area contributed by atoms with Crippen LogP contribution in [0.15, 0.2) is 52.0 Å². The zero-order chi connectivity index (χ0) is 16.2. The Morgan fingerprint density at radius 3 is 2.78 bits per heavy atom. The summed E-state index contributed by atoms with van der Waals surface area (Å²) in [4.78, 5) is 12.0. The lowest BCUT2D eigenvalue weighted by atomic mass is 10.2. The molecular formula is C16H14N4O3. The number of benzene rings is 1. The summed E-state index contributed by atoms with van der Waals surface area (Å²) in [7, 11) is 0. The van der Waals surface area contributed by atoms with Gasteiger partial charge in [0.05, 0.1) is 6.21 Å². The van der Waals surface area contributed by atoms with Gasteiger partial charge in [-0.05, 0) is 48.9 Å². The number of hydrogen-bond acceptors (Lipinski definition) is 5. The van der Waals surface area contributed by atoms with Gasteiger partial charge in [0, 0.05) is 6.07 Å². The van der Waals surface area contributed by atoms with Crippen LogP contribution in [0.5, 0.6) is 5.75 Å². The largest absolute Gasteiger partial charge is 0.508 e. The van der Waals surface area contributed by atoms with Crippen molar-refractivity contribution in [2.75, 3.05) is 0 Å². The van der Waals surface area contributed by atoms with E-state index in [0.29, 0.717) is 11.5 Å². The van der Waals surface area contributed by atoms with Gasteiger partial charge in [-0.3, -0.25) is 9.89 Å². The van der Waals surface area contributed by atoms with Crippen LogP contribution in [0, 0.1) is 6.92 Å². The molecule has 0 aliphatic rings. The van der Waals surface area contributed by atoms with Crippen LogP contribution in [0.2, 0.25) is 0 Å². The van der Waals surface area contributed by atoms with Crippen LogP contribution in [0.4, 0.5) is 0 Å². The molecule has 0 atom stereocenters. The number of phenols is 1. The zero-order valence-corrected chi connectivity index (χ0v) is 12.3. The second-order valence-corrected chi connectivity index (χ2v) is 4.87. The number of rotatable bonds is 4. The number of carbonyl (C=O) groups excluding carboxylic acids is 1. The summed E-state index contributed by atoms with van der Waals surface area (Å²) < 4.78 is 5.46. The minimum atomic E-state index is -0.439. The average Bonchev–Trinajstić information content (AvgIpc) is 3.18. The van der Waals surface area contributed by atoms with E-state index < -0.39 is 5.91 Å². The Balaban J connectivity index is 1.64. The fraction of sp³-hybridized carbons (Fsp3) is 0.0625. The Kier molecular flexibility index (Phi) is 3.92. The van der Waals surface area contributed by atoms with Crippen molar-refractivity contribution in [3.8, 4) is 17.2 Å². The predicted octanol–water partition coefficient (Wildman–Crippen LogP) is 2.45. The molecule has 0 saturated carbocycles. The molecule has 0 fully saturated rings. The highest BCUT2D eigenvalue weighted by Gasteiger charge is 2.12. The van der Waals surface area contributed by atoms with Crippen molar-refractivity contribution in [3.63, 3.8) is 0 Å². The molecule has 0 unspecified atom stereocenters. The number of aromatic nitrogens is 2. The Labute approximate surface area is 131 Å². The number of furan rings is 1. The van der Waals surface area contributed by atoms with Crippen LogP contribution in [0.25, 0.3) is 11.5 Å². The first-order chi connectivity index (χ1) is 11.1. The van der Waals surface area contributed by atoms with E-state index in [0.717, 1.165) is 11.3 Å². The minimum Gasteiger partial charge on any atom is -0.508 e. The average molecular weight is 310 g/mol. The van der Waals surface area contributed by atoms with E-state index in [1.165, 1.54) is 18.3 Å². The monoisotopic (exact) mass is 310 g/mol. The normalized spacial score (nSPS) is 11.0. The van der Waals surface area contributed by atoms with Crippen molar-refractivity contribution in [2.45, 2.75) is 6.92 Å². The Morgan fingerprint density at radius 2 is 2.09 bits per heavy atom. The fourth-order valence-electron chi connectivity index (χ4n) is 1.93. The van der Waals surface area contributed by atoms with Gasteiger partial charge in [0.1, 0.15) is 17.2 Å². The van der Waals surface area contributed by atoms with Crippen molar-refractivity contribution < 1.29 is 14.3 Å². The molecule has 3 rings (SSSR count). The quantitative estimate of drug-likeness (QED) is 0.508. The van der Waals surface area contributed by atoms with Crippen molar-refractivity contribution >= 4 is 12.1 Å². The summed E-state index contributed by atoms with van der Waals surface area (Å²) in [5, 5.41) is 19.7. The van der Waals surface area contributed by atoms with Crippen molar-refractivity contribution in [3.05, 3.63) is 59.5 Å². The molecule has 23 heavy (non-hydrogen) atoms. The maximum Gasteiger partial charge on any atom is 0.291 e. The van der Waals surface area contributed by atoms with Crippen LogP contribution in [-0.2, 0) is 0 Å². The van der Waals surface area contributed by atoms with Gasteiger partial charge in [-0.1, -0.05) is 0 Å². The van der Waals surface area contributed by atoms with E-state index in [2.05, 4.69) is 20.7 Å². The summed E-state index contributed by atoms with van der Waals surface area (Å²) in [6, 6.07) is 11.6. The van der Waals surface area contributed by atoms with Gasteiger partial charge in [0.15, 0.2) is 11.5 Å². The summed E-state index contributed by atoms with van der Waals surface area (Å²) in [5.74, 6) is 1.12. The first-order valence-electron chi connectivity index (χ1n) is 6.86. The molecule has 0 spiro atoms. The third-order valence-electron chi connectivity index (χ3n) is 3.09. The molecule has 3 aromatic rings. The number of H-pyrrole nitrogens is 1. The molecule has 2 heterocycles. The van der Waals surface area contributed by atoms with Crippen molar-refractivity contribution in [2.24, 2.45) is 5.10 Å². The first kappa shape index (κ1) is 14.6. The third kappa shape index (κ3) is 3.46. The van der Waals surface area contributed by atoms with Gasteiger partial charge in [0.2, 0.25) is 0 Å².